The van der Waals surface area contributed by atoms with Crippen LogP contribution in [0.2, 0.25) is 0 Å². The van der Waals surface area contributed by atoms with Crippen LogP contribution in [-0.2, 0) is 0 Å². The zero-order valence-corrected chi connectivity index (χ0v) is 12.1. The third-order valence-corrected chi connectivity index (χ3v) is 4.49. The molecular formula is C16H20N2O3. The average molecular weight is 288 g/mol. The Morgan fingerprint density at radius 1 is 1.10 bits per heavy atom. The SMILES string of the molecule is O=C(c1ccc2c(c1)OCO2)N1CCN(CC2CC2)CC1. The average Bonchev–Trinajstić information content (AvgIpc) is 3.21. The number of hydrogen-bond acceptors (Lipinski definition) is 4. The standard InChI is InChI=1S/C16H20N2O3/c19-16(13-3-4-14-15(9-13)21-11-20-14)18-7-5-17(6-8-18)10-12-1-2-12/h3-4,9,12H,1-2,5-8,10-11H2. The molecule has 1 aliphatic carbocycles. The van der Waals surface area contributed by atoms with Crippen LogP contribution in [0.25, 0.3) is 0 Å². The molecule has 0 aromatic heterocycles. The largest absolute Gasteiger partial charge is 0.454 e. The van der Waals surface area contributed by atoms with Crippen molar-refractivity contribution < 1.29 is 14.3 Å². The van der Waals surface area contributed by atoms with Gasteiger partial charge in [-0.25, -0.2) is 0 Å². The van der Waals surface area contributed by atoms with Gasteiger partial charge in [0, 0.05) is 38.3 Å². The van der Waals surface area contributed by atoms with E-state index in [1.165, 1.54) is 19.4 Å². The number of piperazine rings is 1. The molecule has 1 saturated carbocycles. The summed E-state index contributed by atoms with van der Waals surface area (Å²) in [5.74, 6) is 2.41. The number of rotatable bonds is 3. The minimum Gasteiger partial charge on any atom is -0.454 e. The van der Waals surface area contributed by atoms with E-state index in [4.69, 9.17) is 9.47 Å². The normalized spacial score (nSPS) is 21.6. The number of amides is 1. The Kier molecular flexibility index (Phi) is 3.22. The first-order valence-electron chi connectivity index (χ1n) is 7.71. The summed E-state index contributed by atoms with van der Waals surface area (Å²) in [5, 5.41) is 0. The highest BCUT2D eigenvalue weighted by Crippen LogP contribution is 2.33. The predicted molar refractivity (Wildman–Crippen MR) is 77.6 cm³/mol. The monoisotopic (exact) mass is 288 g/mol. The number of carbonyl (C=O) groups excluding carboxylic acids is 1. The number of hydrogen-bond donors (Lipinski definition) is 0. The van der Waals surface area contributed by atoms with Gasteiger partial charge in [0.2, 0.25) is 6.79 Å². The van der Waals surface area contributed by atoms with Gasteiger partial charge in [0.05, 0.1) is 0 Å². The fraction of sp³-hybridized carbons (Fsp3) is 0.562. The first-order chi connectivity index (χ1) is 10.3. The van der Waals surface area contributed by atoms with Crippen molar-refractivity contribution in [2.24, 2.45) is 5.92 Å². The van der Waals surface area contributed by atoms with E-state index in [0.29, 0.717) is 11.3 Å². The second-order valence-electron chi connectivity index (χ2n) is 6.10. The number of ether oxygens (including phenoxy) is 2. The molecular weight excluding hydrogens is 268 g/mol. The van der Waals surface area contributed by atoms with Gasteiger partial charge in [-0.1, -0.05) is 0 Å². The predicted octanol–water partition coefficient (Wildman–Crippen LogP) is 1.58. The summed E-state index contributed by atoms with van der Waals surface area (Å²) < 4.78 is 10.6. The molecule has 1 aromatic rings. The molecule has 1 aromatic carbocycles. The highest BCUT2D eigenvalue weighted by Gasteiger charge is 2.28. The molecule has 2 aliphatic heterocycles. The molecule has 2 fully saturated rings. The molecule has 112 valence electrons. The Labute approximate surface area is 124 Å². The highest BCUT2D eigenvalue weighted by molar-refractivity contribution is 5.95. The molecule has 0 radical (unpaired) electrons. The van der Waals surface area contributed by atoms with E-state index < -0.39 is 0 Å². The highest BCUT2D eigenvalue weighted by atomic mass is 16.7. The second kappa shape index (κ2) is 5.22. The third-order valence-electron chi connectivity index (χ3n) is 4.49. The summed E-state index contributed by atoms with van der Waals surface area (Å²) in [6, 6.07) is 5.44. The quantitative estimate of drug-likeness (QED) is 0.847. The fourth-order valence-corrected chi connectivity index (χ4v) is 3.01. The lowest BCUT2D eigenvalue weighted by atomic mass is 10.1. The first kappa shape index (κ1) is 13.0. The van der Waals surface area contributed by atoms with Gasteiger partial charge in [-0.15, -0.1) is 0 Å². The number of benzene rings is 1. The Morgan fingerprint density at radius 3 is 2.62 bits per heavy atom. The van der Waals surface area contributed by atoms with Crippen molar-refractivity contribution >= 4 is 5.91 Å². The molecule has 0 bridgehead atoms. The maximum Gasteiger partial charge on any atom is 0.254 e. The minimum atomic E-state index is 0.0966. The Bertz CT molecular complexity index is 548. The summed E-state index contributed by atoms with van der Waals surface area (Å²) in [7, 11) is 0. The topological polar surface area (TPSA) is 42.0 Å². The Hall–Kier alpha value is -1.75. The van der Waals surface area contributed by atoms with Gasteiger partial charge in [-0.2, -0.15) is 0 Å². The van der Waals surface area contributed by atoms with Gasteiger partial charge >= 0.3 is 0 Å². The van der Waals surface area contributed by atoms with E-state index in [1.807, 2.05) is 17.0 Å². The molecule has 4 rings (SSSR count). The van der Waals surface area contributed by atoms with E-state index in [0.717, 1.165) is 37.8 Å². The second-order valence-corrected chi connectivity index (χ2v) is 6.10. The summed E-state index contributed by atoms with van der Waals surface area (Å²) in [6.07, 6.45) is 2.77. The molecule has 1 amide bonds. The number of fused-ring (bicyclic) bond motifs is 1. The molecule has 3 aliphatic rings. The van der Waals surface area contributed by atoms with Crippen molar-refractivity contribution in [3.8, 4) is 11.5 Å². The Balaban J connectivity index is 1.38. The van der Waals surface area contributed by atoms with Crippen LogP contribution >= 0.6 is 0 Å². The number of carbonyl (C=O) groups is 1. The maximum atomic E-state index is 12.6. The van der Waals surface area contributed by atoms with Crippen molar-refractivity contribution in [1.29, 1.82) is 0 Å². The van der Waals surface area contributed by atoms with Gasteiger partial charge in [0.25, 0.3) is 5.91 Å². The molecule has 21 heavy (non-hydrogen) atoms. The summed E-state index contributed by atoms with van der Waals surface area (Å²) in [5.41, 5.74) is 0.690. The van der Waals surface area contributed by atoms with Crippen molar-refractivity contribution in [2.45, 2.75) is 12.8 Å². The summed E-state index contributed by atoms with van der Waals surface area (Å²) in [6.45, 7) is 5.08. The molecule has 0 atom stereocenters. The van der Waals surface area contributed by atoms with Crippen LogP contribution in [-0.4, -0.2) is 55.2 Å². The molecule has 0 unspecified atom stereocenters. The molecule has 0 spiro atoms. The fourth-order valence-electron chi connectivity index (χ4n) is 3.01. The smallest absolute Gasteiger partial charge is 0.254 e. The maximum absolute atomic E-state index is 12.6. The summed E-state index contributed by atoms with van der Waals surface area (Å²) >= 11 is 0. The van der Waals surface area contributed by atoms with Crippen LogP contribution in [0.3, 0.4) is 0 Å². The molecule has 2 heterocycles. The van der Waals surface area contributed by atoms with Crippen molar-refractivity contribution in [1.82, 2.24) is 9.80 Å². The van der Waals surface area contributed by atoms with Crippen LogP contribution < -0.4 is 9.47 Å². The van der Waals surface area contributed by atoms with Gasteiger partial charge in [-0.3, -0.25) is 9.69 Å². The number of nitrogens with zero attached hydrogens (tertiary/aromatic N) is 2. The summed E-state index contributed by atoms with van der Waals surface area (Å²) in [4.78, 5) is 17.0. The minimum absolute atomic E-state index is 0.0966. The van der Waals surface area contributed by atoms with Crippen LogP contribution in [0.1, 0.15) is 23.2 Å². The zero-order valence-electron chi connectivity index (χ0n) is 12.1. The Morgan fingerprint density at radius 2 is 1.86 bits per heavy atom. The van der Waals surface area contributed by atoms with Crippen LogP contribution in [0.5, 0.6) is 11.5 Å². The van der Waals surface area contributed by atoms with Crippen LogP contribution in [0, 0.1) is 5.92 Å². The molecule has 5 heteroatoms. The van der Waals surface area contributed by atoms with E-state index in [-0.39, 0.29) is 12.7 Å². The third kappa shape index (κ3) is 2.70. The van der Waals surface area contributed by atoms with Gasteiger partial charge in [0.15, 0.2) is 11.5 Å². The van der Waals surface area contributed by atoms with E-state index in [2.05, 4.69) is 4.90 Å². The van der Waals surface area contributed by atoms with Crippen LogP contribution in [0.15, 0.2) is 18.2 Å². The molecule has 5 nitrogen and oxygen atoms in total. The van der Waals surface area contributed by atoms with Gasteiger partial charge in [-0.05, 0) is 37.0 Å². The van der Waals surface area contributed by atoms with Crippen molar-refractivity contribution in [3.63, 3.8) is 0 Å². The van der Waals surface area contributed by atoms with E-state index in [9.17, 15) is 4.79 Å². The van der Waals surface area contributed by atoms with Crippen molar-refractivity contribution in [3.05, 3.63) is 23.8 Å². The molecule has 1 saturated heterocycles. The first-order valence-corrected chi connectivity index (χ1v) is 7.71. The molecule has 0 N–H and O–H groups in total. The van der Waals surface area contributed by atoms with Crippen LogP contribution in [0.4, 0.5) is 0 Å². The lowest BCUT2D eigenvalue weighted by molar-refractivity contribution is 0.0631. The van der Waals surface area contributed by atoms with E-state index in [1.54, 1.807) is 6.07 Å². The van der Waals surface area contributed by atoms with E-state index >= 15 is 0 Å². The zero-order chi connectivity index (χ0) is 14.2. The van der Waals surface area contributed by atoms with Gasteiger partial charge in [0.1, 0.15) is 0 Å². The lowest BCUT2D eigenvalue weighted by Crippen LogP contribution is -2.49. The van der Waals surface area contributed by atoms with Gasteiger partial charge < -0.3 is 14.4 Å². The lowest BCUT2D eigenvalue weighted by Gasteiger charge is -2.34. The van der Waals surface area contributed by atoms with Crippen molar-refractivity contribution in [2.75, 3.05) is 39.5 Å².